The van der Waals surface area contributed by atoms with Gasteiger partial charge in [-0.1, -0.05) is 0 Å². The fraction of sp³-hybridized carbons (Fsp3) is 0.268. The van der Waals surface area contributed by atoms with Crippen LogP contribution < -0.4 is 44.0 Å². The van der Waals surface area contributed by atoms with Crippen molar-refractivity contribution in [2.24, 2.45) is 0 Å². The first kappa shape index (κ1) is 35.7. The van der Waals surface area contributed by atoms with Crippen molar-refractivity contribution in [1.82, 2.24) is 0 Å². The van der Waals surface area contributed by atoms with Crippen LogP contribution >= 0.6 is 0 Å². The van der Waals surface area contributed by atoms with Crippen LogP contribution in [0.25, 0.3) is 55.7 Å². The van der Waals surface area contributed by atoms with Gasteiger partial charge in [-0.05, 0) is 70.2 Å². The van der Waals surface area contributed by atoms with E-state index in [0.29, 0.717) is 34.1 Å². The predicted octanol–water partition coefficient (Wildman–Crippen LogP) is 8.52. The summed E-state index contributed by atoms with van der Waals surface area (Å²) in [5.41, 5.74) is 0.969. The van der Waals surface area contributed by atoms with Gasteiger partial charge in [0.05, 0.1) is 58.9 Å². The molecule has 0 unspecified atom stereocenters. The van der Waals surface area contributed by atoms with Gasteiger partial charge in [0.1, 0.15) is 62.2 Å². The van der Waals surface area contributed by atoms with Crippen molar-refractivity contribution in [3.8, 4) is 74.0 Å². The van der Waals surface area contributed by atoms with Gasteiger partial charge >= 0.3 is 0 Å². The smallest absolute Gasteiger partial charge is 0.205 e. The summed E-state index contributed by atoms with van der Waals surface area (Å²) in [7, 11) is 7.50. The van der Waals surface area contributed by atoms with Gasteiger partial charge in [-0.3, -0.25) is 9.59 Å². The third kappa shape index (κ3) is 6.57. The van der Waals surface area contributed by atoms with Gasteiger partial charge < -0.3 is 42.0 Å². The monoisotopic (exact) mass is 708 g/mol. The Balaban J connectivity index is 1.71. The van der Waals surface area contributed by atoms with E-state index in [-0.39, 0.29) is 74.0 Å². The minimum atomic E-state index is -0.443. The van der Waals surface area contributed by atoms with Crippen LogP contribution in [-0.2, 0) is 0 Å². The maximum atomic E-state index is 15.1. The van der Waals surface area contributed by atoms with E-state index < -0.39 is 10.9 Å². The van der Waals surface area contributed by atoms with Gasteiger partial charge in [-0.25, -0.2) is 0 Å². The Morgan fingerprint density at radius 2 is 1.17 bits per heavy atom. The van der Waals surface area contributed by atoms with E-state index in [1.807, 2.05) is 27.7 Å². The lowest BCUT2D eigenvalue weighted by Crippen LogP contribution is -2.14. The molecule has 270 valence electrons. The molecule has 0 bridgehead atoms. The molecule has 11 heteroatoms. The predicted molar refractivity (Wildman–Crippen MR) is 199 cm³/mol. The molecule has 4 aromatic carbocycles. The molecule has 2 heterocycles. The summed E-state index contributed by atoms with van der Waals surface area (Å²) < 4.78 is 53.3. The van der Waals surface area contributed by atoms with E-state index in [2.05, 4.69) is 0 Å². The molecule has 0 fully saturated rings. The number of rotatable bonds is 12. The molecule has 0 N–H and O–H groups in total. The van der Waals surface area contributed by atoms with Crippen LogP contribution in [0.5, 0.6) is 40.2 Å². The molecule has 2 aromatic heterocycles. The maximum absolute atomic E-state index is 15.1. The Hall–Kier alpha value is -6.10. The Bertz CT molecular complexity index is 2390. The Labute approximate surface area is 300 Å². The van der Waals surface area contributed by atoms with E-state index in [9.17, 15) is 4.79 Å². The fourth-order valence-corrected chi connectivity index (χ4v) is 6.12. The summed E-state index contributed by atoms with van der Waals surface area (Å²) in [6, 6.07) is 18.5. The lowest BCUT2D eigenvalue weighted by Gasteiger charge is -2.20. The molecule has 11 nitrogen and oxygen atoms in total. The molecule has 0 amide bonds. The van der Waals surface area contributed by atoms with Crippen LogP contribution in [0.1, 0.15) is 27.7 Å². The highest BCUT2D eigenvalue weighted by Crippen LogP contribution is 2.47. The first-order chi connectivity index (χ1) is 25.0. The fourth-order valence-electron chi connectivity index (χ4n) is 6.12. The second-order valence-corrected chi connectivity index (χ2v) is 12.4. The van der Waals surface area contributed by atoms with Crippen molar-refractivity contribution < 1.29 is 42.0 Å². The average Bonchev–Trinajstić information content (AvgIpc) is 3.13. The van der Waals surface area contributed by atoms with E-state index in [0.717, 1.165) is 0 Å². The SMILES string of the molecule is COc1ccc(-c2oc3cc(OC(C)C)cc(OC(C)C)c3c(=O)c2-c2c(OC)cc3oc(-c4ccc(OC)c(OC)c4)cc(=O)c3c2OC)cc1. The molecule has 0 atom stereocenters. The molecule has 0 aliphatic rings. The number of benzene rings is 4. The quantitative estimate of drug-likeness (QED) is 0.121. The molecule has 0 saturated heterocycles. The van der Waals surface area contributed by atoms with Crippen molar-refractivity contribution in [2.45, 2.75) is 39.9 Å². The average molecular weight is 709 g/mol. The van der Waals surface area contributed by atoms with Crippen LogP contribution in [0.4, 0.5) is 0 Å². The minimum absolute atomic E-state index is 0.0643. The molecule has 0 saturated carbocycles. The summed E-state index contributed by atoms with van der Waals surface area (Å²) >= 11 is 0. The molecule has 6 rings (SSSR count). The summed E-state index contributed by atoms with van der Waals surface area (Å²) in [4.78, 5) is 29.1. The Morgan fingerprint density at radius 3 is 1.79 bits per heavy atom. The highest BCUT2D eigenvalue weighted by atomic mass is 16.5. The number of ether oxygens (including phenoxy) is 7. The van der Waals surface area contributed by atoms with Crippen LogP contribution in [0, 0.1) is 0 Å². The third-order valence-electron chi connectivity index (χ3n) is 8.30. The van der Waals surface area contributed by atoms with Crippen LogP contribution in [-0.4, -0.2) is 47.8 Å². The third-order valence-corrected chi connectivity index (χ3v) is 8.30. The topological polar surface area (TPSA) is 125 Å². The van der Waals surface area contributed by atoms with Crippen LogP contribution in [0.15, 0.2) is 85.2 Å². The molecule has 0 aliphatic heterocycles. The van der Waals surface area contributed by atoms with Gasteiger partial charge in [0.25, 0.3) is 0 Å². The molecular weight excluding hydrogens is 668 g/mol. The molecule has 6 aromatic rings. The van der Waals surface area contributed by atoms with E-state index in [1.54, 1.807) is 67.8 Å². The lowest BCUT2D eigenvalue weighted by molar-refractivity contribution is 0.231. The highest BCUT2D eigenvalue weighted by molar-refractivity contribution is 6.01. The Morgan fingerprint density at radius 1 is 0.519 bits per heavy atom. The molecule has 0 radical (unpaired) electrons. The summed E-state index contributed by atoms with van der Waals surface area (Å²) in [5.74, 6) is 3.07. The lowest BCUT2D eigenvalue weighted by atomic mass is 9.94. The molecular formula is C41H40O11. The van der Waals surface area contributed by atoms with Crippen molar-refractivity contribution in [3.63, 3.8) is 0 Å². The van der Waals surface area contributed by atoms with E-state index >= 15 is 4.79 Å². The van der Waals surface area contributed by atoms with Crippen LogP contribution in [0.2, 0.25) is 0 Å². The van der Waals surface area contributed by atoms with Crippen molar-refractivity contribution in [1.29, 1.82) is 0 Å². The Kier molecular flexibility index (Phi) is 10.1. The number of hydrogen-bond donors (Lipinski definition) is 0. The zero-order chi connectivity index (χ0) is 37.3. The minimum Gasteiger partial charge on any atom is -0.497 e. The maximum Gasteiger partial charge on any atom is 0.205 e. The van der Waals surface area contributed by atoms with Crippen molar-refractivity contribution in [2.75, 3.05) is 35.5 Å². The number of fused-ring (bicyclic) bond motifs is 2. The zero-order valence-corrected chi connectivity index (χ0v) is 30.5. The summed E-state index contributed by atoms with van der Waals surface area (Å²) in [5, 5.41) is 0.277. The van der Waals surface area contributed by atoms with Gasteiger partial charge in [0, 0.05) is 35.4 Å². The number of hydrogen-bond acceptors (Lipinski definition) is 11. The van der Waals surface area contributed by atoms with E-state index in [1.165, 1.54) is 34.5 Å². The summed E-state index contributed by atoms with van der Waals surface area (Å²) in [6.45, 7) is 7.53. The second-order valence-electron chi connectivity index (χ2n) is 12.4. The first-order valence-corrected chi connectivity index (χ1v) is 16.6. The summed E-state index contributed by atoms with van der Waals surface area (Å²) in [6.07, 6.45) is -0.433. The van der Waals surface area contributed by atoms with E-state index in [4.69, 9.17) is 42.0 Å². The van der Waals surface area contributed by atoms with Crippen molar-refractivity contribution >= 4 is 21.9 Å². The van der Waals surface area contributed by atoms with Gasteiger partial charge in [0.2, 0.25) is 5.43 Å². The number of methoxy groups -OCH3 is 5. The van der Waals surface area contributed by atoms with Crippen LogP contribution in [0.3, 0.4) is 0 Å². The van der Waals surface area contributed by atoms with Gasteiger partial charge in [-0.15, -0.1) is 0 Å². The van der Waals surface area contributed by atoms with Gasteiger partial charge in [0.15, 0.2) is 16.9 Å². The van der Waals surface area contributed by atoms with Gasteiger partial charge in [-0.2, -0.15) is 0 Å². The van der Waals surface area contributed by atoms with Crippen molar-refractivity contribution in [3.05, 3.63) is 87.2 Å². The highest BCUT2D eigenvalue weighted by Gasteiger charge is 2.30. The normalized spacial score (nSPS) is 11.3. The molecule has 52 heavy (non-hydrogen) atoms. The standard InChI is InChI=1S/C41H40O11/c1-21(2)49-26-17-32(50-22(3)4)36-33(18-26)52-40(23-10-13-25(44-5)14-11-23)38(39(36)43)37-31(47-8)20-34-35(41(37)48-9)27(42)19-29(51-34)24-12-15-28(45-6)30(16-24)46-7/h10-22H,1-9H3. The molecule has 0 spiro atoms. The zero-order valence-electron chi connectivity index (χ0n) is 30.5. The second kappa shape index (κ2) is 14.6. The first-order valence-electron chi connectivity index (χ1n) is 16.6. The molecule has 0 aliphatic carbocycles. The largest absolute Gasteiger partial charge is 0.497 e.